The predicted molar refractivity (Wildman–Crippen MR) is 72.6 cm³/mol. The fourth-order valence-corrected chi connectivity index (χ4v) is 2.78. The summed E-state index contributed by atoms with van der Waals surface area (Å²) < 4.78 is 0.744. The van der Waals surface area contributed by atoms with Crippen LogP contribution in [0.2, 0.25) is 0 Å². The standard InChI is InChI=1S/C11H10BrClN4/c1-17-3-2-6(13)4-8-10(17)7-5-14-16-11(12)9(7)15-8/h2,4,15H,3,5H2,1H3. The van der Waals surface area contributed by atoms with Crippen molar-refractivity contribution in [2.24, 2.45) is 10.2 Å². The first kappa shape index (κ1) is 11.0. The molecule has 4 nitrogen and oxygen atoms in total. The van der Waals surface area contributed by atoms with Gasteiger partial charge in [-0.1, -0.05) is 11.6 Å². The number of allylic oxidation sites excluding steroid dienone is 1. The molecule has 0 unspecified atom stereocenters. The Bertz CT molecular complexity index is 656. The van der Waals surface area contributed by atoms with Gasteiger partial charge in [-0.25, -0.2) is 0 Å². The maximum Gasteiger partial charge on any atom is 0.152 e. The molecule has 0 saturated heterocycles. The zero-order valence-electron chi connectivity index (χ0n) is 9.17. The molecule has 0 fully saturated rings. The third-order valence-corrected chi connectivity index (χ3v) is 3.74. The summed E-state index contributed by atoms with van der Waals surface area (Å²) in [7, 11) is 2.05. The number of halogens is 2. The van der Waals surface area contributed by atoms with Gasteiger partial charge in [-0.05, 0) is 28.1 Å². The van der Waals surface area contributed by atoms with Crippen LogP contribution >= 0.6 is 27.5 Å². The summed E-state index contributed by atoms with van der Waals surface area (Å²) in [5.41, 5.74) is 2.32. The number of likely N-dealkylation sites (N-methyl/N-ethyl adjacent to an activating group) is 1. The topological polar surface area (TPSA) is 43.8 Å². The lowest BCUT2D eigenvalue weighted by Gasteiger charge is -2.17. The number of H-pyrrole nitrogens is 1. The molecule has 3 heterocycles. The maximum absolute atomic E-state index is 6.11. The van der Waals surface area contributed by atoms with Gasteiger partial charge in [-0.15, -0.1) is 5.11 Å². The average Bonchev–Trinajstić information content (AvgIpc) is 2.59. The molecule has 0 amide bonds. The number of azo groups is 1. The highest BCUT2D eigenvalue weighted by atomic mass is 79.9. The van der Waals surface area contributed by atoms with E-state index in [9.17, 15) is 0 Å². The summed E-state index contributed by atoms with van der Waals surface area (Å²) in [4.78, 5) is 5.51. The molecule has 2 aliphatic heterocycles. The summed E-state index contributed by atoms with van der Waals surface area (Å²) in [6.07, 6.45) is 3.93. The maximum atomic E-state index is 6.11. The second-order valence-electron chi connectivity index (χ2n) is 4.05. The van der Waals surface area contributed by atoms with Crippen molar-refractivity contribution in [1.29, 1.82) is 0 Å². The van der Waals surface area contributed by atoms with Crippen LogP contribution in [0.3, 0.4) is 0 Å². The molecule has 1 aromatic heterocycles. The largest absolute Gasteiger partial charge is 0.369 e. The number of hydrogen-bond donors (Lipinski definition) is 1. The molecule has 0 spiro atoms. The number of nitrogens with one attached hydrogen (secondary N) is 1. The van der Waals surface area contributed by atoms with Crippen molar-refractivity contribution >= 4 is 43.9 Å². The van der Waals surface area contributed by atoms with E-state index in [2.05, 4.69) is 36.0 Å². The average molecular weight is 314 g/mol. The van der Waals surface area contributed by atoms with Gasteiger partial charge in [0.15, 0.2) is 4.61 Å². The molecule has 0 aromatic carbocycles. The third kappa shape index (κ3) is 1.73. The molecule has 2 aliphatic rings. The van der Waals surface area contributed by atoms with E-state index < -0.39 is 0 Å². The fraction of sp³-hybridized carbons (Fsp3) is 0.273. The van der Waals surface area contributed by atoms with Crippen LogP contribution in [0.1, 0.15) is 5.56 Å². The molecule has 17 heavy (non-hydrogen) atoms. The second-order valence-corrected chi connectivity index (χ2v) is 5.23. The van der Waals surface area contributed by atoms with E-state index in [1.807, 2.05) is 19.2 Å². The van der Waals surface area contributed by atoms with Crippen molar-refractivity contribution in [1.82, 2.24) is 4.98 Å². The van der Waals surface area contributed by atoms with Gasteiger partial charge in [-0.3, -0.25) is 0 Å². The van der Waals surface area contributed by atoms with E-state index in [-0.39, 0.29) is 0 Å². The Morgan fingerprint density at radius 3 is 3.18 bits per heavy atom. The SMILES string of the molecule is CN1CC=C(Cl)C=c2[nH]c3c(c21)CN=NC=3Br. The minimum atomic E-state index is 0.603. The van der Waals surface area contributed by atoms with Crippen molar-refractivity contribution in [3.05, 3.63) is 27.4 Å². The highest BCUT2D eigenvalue weighted by Crippen LogP contribution is 2.21. The molecular formula is C11H10BrClN4. The van der Waals surface area contributed by atoms with Crippen LogP contribution in [0.25, 0.3) is 10.7 Å². The van der Waals surface area contributed by atoms with Crippen molar-refractivity contribution in [2.45, 2.75) is 6.54 Å². The second kappa shape index (κ2) is 3.99. The van der Waals surface area contributed by atoms with Crippen LogP contribution in [0, 0.1) is 0 Å². The van der Waals surface area contributed by atoms with E-state index in [4.69, 9.17) is 11.6 Å². The van der Waals surface area contributed by atoms with Crippen LogP contribution in [0.4, 0.5) is 5.69 Å². The van der Waals surface area contributed by atoms with Crippen LogP contribution in [-0.4, -0.2) is 18.6 Å². The number of anilines is 1. The van der Waals surface area contributed by atoms with Crippen LogP contribution < -0.4 is 15.6 Å². The molecule has 1 aromatic rings. The van der Waals surface area contributed by atoms with Gasteiger partial charge < -0.3 is 9.88 Å². The zero-order chi connectivity index (χ0) is 12.0. The smallest absolute Gasteiger partial charge is 0.152 e. The summed E-state index contributed by atoms with van der Waals surface area (Å²) >= 11 is 9.52. The zero-order valence-corrected chi connectivity index (χ0v) is 11.5. The highest BCUT2D eigenvalue weighted by Gasteiger charge is 2.18. The lowest BCUT2D eigenvalue weighted by molar-refractivity contribution is 0.917. The quantitative estimate of drug-likeness (QED) is 0.729. The van der Waals surface area contributed by atoms with E-state index in [1.54, 1.807) is 0 Å². The first-order valence-electron chi connectivity index (χ1n) is 5.23. The number of fused-ring (bicyclic) bond motifs is 3. The lowest BCUT2D eigenvalue weighted by Crippen LogP contribution is -2.22. The Morgan fingerprint density at radius 1 is 1.53 bits per heavy atom. The summed E-state index contributed by atoms with van der Waals surface area (Å²) in [6.45, 7) is 1.40. The van der Waals surface area contributed by atoms with Crippen molar-refractivity contribution in [3.63, 3.8) is 0 Å². The van der Waals surface area contributed by atoms with Gasteiger partial charge in [0.1, 0.15) is 0 Å². The van der Waals surface area contributed by atoms with Crippen molar-refractivity contribution < 1.29 is 0 Å². The number of aromatic nitrogens is 1. The molecule has 0 bridgehead atoms. The molecule has 6 heteroatoms. The van der Waals surface area contributed by atoms with Crippen molar-refractivity contribution in [2.75, 3.05) is 18.5 Å². The number of hydrogen-bond acceptors (Lipinski definition) is 3. The molecule has 0 radical (unpaired) electrons. The highest BCUT2D eigenvalue weighted by molar-refractivity contribution is 9.14. The molecule has 0 aliphatic carbocycles. The molecule has 88 valence electrons. The molecule has 0 saturated carbocycles. The van der Waals surface area contributed by atoms with Gasteiger partial charge in [0, 0.05) is 24.2 Å². The van der Waals surface area contributed by atoms with Crippen molar-refractivity contribution in [3.8, 4) is 0 Å². The molecule has 3 rings (SSSR count). The summed E-state index contributed by atoms with van der Waals surface area (Å²) in [5, 5.41) is 10.9. The minimum Gasteiger partial charge on any atom is -0.369 e. The van der Waals surface area contributed by atoms with Crippen LogP contribution in [-0.2, 0) is 6.54 Å². The van der Waals surface area contributed by atoms with E-state index in [0.717, 1.165) is 32.6 Å². The summed E-state index contributed by atoms with van der Waals surface area (Å²) in [6, 6.07) is 0. The van der Waals surface area contributed by atoms with Gasteiger partial charge in [0.25, 0.3) is 0 Å². The Balaban J connectivity index is 2.38. The Hall–Kier alpha value is -1.07. The first-order valence-corrected chi connectivity index (χ1v) is 6.40. The van der Waals surface area contributed by atoms with E-state index in [0.29, 0.717) is 6.54 Å². The third-order valence-electron chi connectivity index (χ3n) is 2.92. The molecule has 0 atom stereocenters. The Labute approximate surface area is 111 Å². The fourth-order valence-electron chi connectivity index (χ4n) is 2.15. The predicted octanol–water partition coefficient (Wildman–Crippen LogP) is 1.79. The molecule has 1 N–H and O–H groups in total. The van der Waals surface area contributed by atoms with Crippen LogP contribution in [0.15, 0.2) is 21.3 Å². The Kier molecular flexibility index (Phi) is 2.60. The summed E-state index contributed by atoms with van der Waals surface area (Å²) in [5.74, 6) is 0. The van der Waals surface area contributed by atoms with Gasteiger partial charge in [0.05, 0.1) is 22.9 Å². The Morgan fingerprint density at radius 2 is 2.35 bits per heavy atom. The number of nitrogens with zero attached hydrogens (tertiary/aromatic N) is 3. The number of aromatic amines is 1. The first-order chi connectivity index (χ1) is 8.16. The minimum absolute atomic E-state index is 0.603. The lowest BCUT2D eigenvalue weighted by atomic mass is 10.2. The number of rotatable bonds is 0. The van der Waals surface area contributed by atoms with Gasteiger partial charge >= 0.3 is 0 Å². The van der Waals surface area contributed by atoms with E-state index in [1.165, 1.54) is 5.56 Å². The van der Waals surface area contributed by atoms with E-state index >= 15 is 0 Å². The van der Waals surface area contributed by atoms with Gasteiger partial charge in [-0.2, -0.15) is 5.11 Å². The van der Waals surface area contributed by atoms with Gasteiger partial charge in [0.2, 0.25) is 0 Å². The monoisotopic (exact) mass is 312 g/mol. The normalized spacial score (nSPS) is 18.2. The van der Waals surface area contributed by atoms with Crippen LogP contribution in [0.5, 0.6) is 0 Å². The molecular weight excluding hydrogens is 304 g/mol.